The Morgan fingerprint density at radius 2 is 1.38 bits per heavy atom. The van der Waals surface area contributed by atoms with Crippen LogP contribution in [0.2, 0.25) is 19.6 Å². The first-order chi connectivity index (χ1) is 16.4. The Bertz CT molecular complexity index is 772. The Balaban J connectivity index is 1.64. The lowest BCUT2D eigenvalue weighted by molar-refractivity contribution is 0.199. The normalized spacial score (nSPS) is 12.6. The van der Waals surface area contributed by atoms with Gasteiger partial charge in [0.05, 0.1) is 6.61 Å². The molecule has 0 radical (unpaired) electrons. The summed E-state index contributed by atoms with van der Waals surface area (Å²) in [5.41, 5.74) is 2.18. The molecule has 0 amide bonds. The Morgan fingerprint density at radius 1 is 0.765 bits per heavy atom. The predicted octanol–water partition coefficient (Wildman–Crippen LogP) is 8.62. The summed E-state index contributed by atoms with van der Waals surface area (Å²) in [5, 5.41) is 0. The number of hydrogen-bond donors (Lipinski definition) is 0. The second kappa shape index (κ2) is 16.0. The predicted molar refractivity (Wildman–Crippen MR) is 147 cm³/mol. The highest BCUT2D eigenvalue weighted by Crippen LogP contribution is 2.22. The van der Waals surface area contributed by atoms with Gasteiger partial charge in [0.25, 0.3) is 0 Å². The molecule has 4 nitrogen and oxygen atoms in total. The lowest BCUT2D eigenvalue weighted by Gasteiger charge is -2.23. The van der Waals surface area contributed by atoms with Gasteiger partial charge in [-0.05, 0) is 63.5 Å². The Morgan fingerprint density at radius 3 is 2.00 bits per heavy atom. The lowest BCUT2D eigenvalue weighted by Crippen LogP contribution is -2.30. The third-order valence-corrected chi connectivity index (χ3v) is 7.08. The summed E-state index contributed by atoms with van der Waals surface area (Å²) in [6.45, 7) is 12.0. The highest BCUT2D eigenvalue weighted by molar-refractivity contribution is 6.69. The fourth-order valence-corrected chi connectivity index (χ4v) is 5.50. The van der Waals surface area contributed by atoms with E-state index in [2.05, 4.69) is 67.7 Å². The molecule has 1 heterocycles. The van der Waals surface area contributed by atoms with Crippen molar-refractivity contribution in [1.82, 2.24) is 9.97 Å². The molecule has 1 unspecified atom stereocenters. The number of nitrogens with zero attached hydrogens (tertiary/aromatic N) is 2. The summed E-state index contributed by atoms with van der Waals surface area (Å²) in [5.74, 6) is 1.87. The molecule has 0 saturated carbocycles. The first-order valence-corrected chi connectivity index (χ1v) is 17.0. The van der Waals surface area contributed by atoms with Gasteiger partial charge in [0.1, 0.15) is 11.6 Å². The molecule has 2 aromatic rings. The number of rotatable bonds is 18. The molecule has 1 aromatic carbocycles. The third kappa shape index (κ3) is 12.7. The molecule has 1 aromatic heterocycles. The Hall–Kier alpha value is -1.72. The largest absolute Gasteiger partial charge is 0.494 e. The van der Waals surface area contributed by atoms with Crippen LogP contribution in [0.25, 0.3) is 11.1 Å². The van der Waals surface area contributed by atoms with Crippen molar-refractivity contribution in [2.45, 2.75) is 117 Å². The van der Waals surface area contributed by atoms with Gasteiger partial charge >= 0.3 is 0 Å². The molecule has 0 N–H and O–H groups in total. The highest BCUT2D eigenvalue weighted by atomic mass is 28.4. The average Bonchev–Trinajstić information content (AvgIpc) is 2.80. The first-order valence-electron chi connectivity index (χ1n) is 13.6. The smallest absolute Gasteiger partial charge is 0.184 e. The van der Waals surface area contributed by atoms with Crippen LogP contribution >= 0.6 is 0 Å². The van der Waals surface area contributed by atoms with Crippen LogP contribution in [0.1, 0.15) is 90.3 Å². The summed E-state index contributed by atoms with van der Waals surface area (Å²) in [6, 6.07) is 8.30. The van der Waals surface area contributed by atoms with Gasteiger partial charge in [0, 0.05) is 30.5 Å². The summed E-state index contributed by atoms with van der Waals surface area (Å²) >= 11 is 0. The number of benzene rings is 1. The zero-order valence-corrected chi connectivity index (χ0v) is 23.4. The minimum absolute atomic E-state index is 0.349. The topological polar surface area (TPSA) is 44.2 Å². The molecule has 1 atom stereocenters. The van der Waals surface area contributed by atoms with Crippen LogP contribution in [0.4, 0.5) is 0 Å². The summed E-state index contributed by atoms with van der Waals surface area (Å²) in [4.78, 5) is 9.18. The van der Waals surface area contributed by atoms with Crippen molar-refractivity contribution in [2.24, 2.45) is 0 Å². The molecular formula is C29H48N2O2Si. The van der Waals surface area contributed by atoms with Crippen molar-refractivity contribution in [3.05, 3.63) is 42.5 Å². The highest BCUT2D eigenvalue weighted by Gasteiger charge is 2.17. The van der Waals surface area contributed by atoms with Crippen LogP contribution in [-0.2, 0) is 10.8 Å². The molecule has 0 aliphatic carbocycles. The standard InChI is InChI=1S/C29H48N2O2Si/c1-6-7-8-9-10-11-12-15-22-32-28-20-18-26(19-21-28)27-23-30-29(31-24-27)17-14-13-16-25(2)33-34(3,4)5/h18-21,23-25H,6-17,22H2,1-5H3. The number of aromatic nitrogens is 2. The maximum absolute atomic E-state index is 6.11. The van der Waals surface area contributed by atoms with E-state index in [-0.39, 0.29) is 0 Å². The van der Waals surface area contributed by atoms with Crippen molar-refractivity contribution >= 4 is 8.32 Å². The van der Waals surface area contributed by atoms with E-state index in [4.69, 9.17) is 9.16 Å². The maximum Gasteiger partial charge on any atom is 0.184 e. The van der Waals surface area contributed by atoms with Crippen molar-refractivity contribution in [1.29, 1.82) is 0 Å². The number of ether oxygens (including phenoxy) is 1. The van der Waals surface area contributed by atoms with Crippen LogP contribution in [0.15, 0.2) is 36.7 Å². The van der Waals surface area contributed by atoms with Crippen LogP contribution in [0, 0.1) is 0 Å². The fraction of sp³-hybridized carbons (Fsp3) is 0.655. The minimum Gasteiger partial charge on any atom is -0.494 e. The Kier molecular flexibility index (Phi) is 13.5. The molecular weight excluding hydrogens is 436 g/mol. The van der Waals surface area contributed by atoms with E-state index in [1.54, 1.807) is 0 Å². The van der Waals surface area contributed by atoms with Gasteiger partial charge in [-0.15, -0.1) is 0 Å². The number of hydrogen-bond acceptors (Lipinski definition) is 4. The molecule has 0 aliphatic heterocycles. The monoisotopic (exact) mass is 484 g/mol. The average molecular weight is 485 g/mol. The Labute approximate surface area is 210 Å². The first kappa shape index (κ1) is 28.5. The van der Waals surface area contributed by atoms with E-state index in [1.807, 2.05) is 12.4 Å². The van der Waals surface area contributed by atoms with Crippen LogP contribution in [0.3, 0.4) is 0 Å². The van der Waals surface area contributed by atoms with Gasteiger partial charge in [0.2, 0.25) is 0 Å². The molecule has 0 bridgehead atoms. The summed E-state index contributed by atoms with van der Waals surface area (Å²) < 4.78 is 12.0. The van der Waals surface area contributed by atoms with E-state index >= 15 is 0 Å². The minimum atomic E-state index is -1.44. The van der Waals surface area contributed by atoms with Crippen molar-refractivity contribution in [3.63, 3.8) is 0 Å². The van der Waals surface area contributed by atoms with Gasteiger partial charge in [-0.3, -0.25) is 0 Å². The molecule has 0 spiro atoms. The van der Waals surface area contributed by atoms with Crippen molar-refractivity contribution in [2.75, 3.05) is 6.61 Å². The van der Waals surface area contributed by atoms with Crippen molar-refractivity contribution < 1.29 is 9.16 Å². The van der Waals surface area contributed by atoms with Crippen LogP contribution in [0.5, 0.6) is 5.75 Å². The van der Waals surface area contributed by atoms with E-state index in [9.17, 15) is 0 Å². The van der Waals surface area contributed by atoms with Crippen molar-refractivity contribution in [3.8, 4) is 16.9 Å². The second-order valence-corrected chi connectivity index (χ2v) is 15.0. The molecule has 5 heteroatoms. The van der Waals surface area contributed by atoms with Gasteiger partial charge in [-0.25, -0.2) is 9.97 Å². The number of unbranched alkanes of at least 4 members (excludes halogenated alkanes) is 8. The quantitative estimate of drug-likeness (QED) is 0.157. The lowest BCUT2D eigenvalue weighted by atomic mass is 10.1. The van der Waals surface area contributed by atoms with E-state index in [0.717, 1.165) is 61.4 Å². The maximum atomic E-state index is 6.11. The molecule has 34 heavy (non-hydrogen) atoms. The molecule has 0 aliphatic rings. The van der Waals surface area contributed by atoms with Gasteiger partial charge in [-0.1, -0.05) is 70.4 Å². The van der Waals surface area contributed by atoms with E-state index in [1.165, 1.54) is 44.9 Å². The van der Waals surface area contributed by atoms with Gasteiger partial charge in [-0.2, -0.15) is 0 Å². The van der Waals surface area contributed by atoms with E-state index in [0.29, 0.717) is 6.10 Å². The zero-order valence-electron chi connectivity index (χ0n) is 22.4. The molecule has 0 saturated heterocycles. The molecule has 2 rings (SSSR count). The van der Waals surface area contributed by atoms with Crippen LogP contribution in [-0.4, -0.2) is 31.0 Å². The summed E-state index contributed by atoms with van der Waals surface area (Å²) in [7, 11) is -1.44. The summed E-state index contributed by atoms with van der Waals surface area (Å²) in [6.07, 6.45) is 19.1. The second-order valence-electron chi connectivity index (χ2n) is 10.5. The van der Waals surface area contributed by atoms with Gasteiger partial charge in [0.15, 0.2) is 8.32 Å². The zero-order chi connectivity index (χ0) is 24.7. The molecule has 0 fully saturated rings. The van der Waals surface area contributed by atoms with Gasteiger partial charge < -0.3 is 9.16 Å². The molecule has 190 valence electrons. The fourth-order valence-electron chi connectivity index (χ4n) is 4.18. The third-order valence-electron chi connectivity index (χ3n) is 5.98. The SMILES string of the molecule is CCCCCCCCCCOc1ccc(-c2cnc(CCCCC(C)O[Si](C)(C)C)nc2)cc1. The van der Waals surface area contributed by atoms with E-state index < -0.39 is 8.32 Å². The van der Waals surface area contributed by atoms with Crippen LogP contribution < -0.4 is 4.74 Å². The number of aryl methyl sites for hydroxylation is 1.